The van der Waals surface area contributed by atoms with E-state index in [0.717, 1.165) is 49.0 Å². The van der Waals surface area contributed by atoms with Crippen LogP contribution in [0.5, 0.6) is 0 Å². The molecule has 1 aromatic carbocycles. The molecule has 0 spiro atoms. The van der Waals surface area contributed by atoms with Gasteiger partial charge in [-0.05, 0) is 0 Å². The molecule has 0 fully saturated rings. The Morgan fingerprint density at radius 1 is 1.23 bits per heavy atom. The fourth-order valence-electron chi connectivity index (χ4n) is 0.757. The second-order valence-corrected chi connectivity index (χ2v) is 3.23. The van der Waals surface area contributed by atoms with Gasteiger partial charge in [0.2, 0.25) is 0 Å². The molecule has 3 nitrogen and oxygen atoms in total. The van der Waals surface area contributed by atoms with Crippen molar-refractivity contribution in [2.24, 2.45) is 0 Å². The summed E-state index contributed by atoms with van der Waals surface area (Å²) in [6.45, 7) is 0. The predicted octanol–water partition coefficient (Wildman–Crippen LogP) is 2.05. The van der Waals surface area contributed by atoms with Gasteiger partial charge < -0.3 is 10.2 Å². The summed E-state index contributed by atoms with van der Waals surface area (Å²) in [6.07, 6.45) is 0.333. The summed E-state index contributed by atoms with van der Waals surface area (Å²) in [5.41, 5.74) is 1.31. The third-order valence-corrected chi connectivity index (χ3v) is 1.68. The van der Waals surface area contributed by atoms with Gasteiger partial charge in [-0.3, -0.25) is 0 Å². The zero-order valence-electron chi connectivity index (χ0n) is 7.34. The van der Waals surface area contributed by atoms with Gasteiger partial charge in [0.1, 0.15) is 0 Å². The molecule has 2 N–H and O–H groups in total. The topological polar surface area (TPSA) is 57.5 Å². The van der Waals surface area contributed by atoms with E-state index in [0.29, 0.717) is 0 Å². The van der Waals surface area contributed by atoms with Crippen molar-refractivity contribution in [2.45, 2.75) is 0 Å². The number of rotatable bonds is 1. The average molecular weight is 204 g/mol. The Morgan fingerprint density at radius 3 is 2.08 bits per heavy atom. The number of hydrogen-bond donors (Lipinski definition) is 2. The molecule has 0 aliphatic rings. The molecule has 0 heterocycles. The van der Waals surface area contributed by atoms with E-state index in [1.165, 1.54) is 5.56 Å². The summed E-state index contributed by atoms with van der Waals surface area (Å²) < 4.78 is 2.22. The Labute approximate surface area is 111 Å². The number of carboxylic acid groups (broad SMARTS) is 2. The summed E-state index contributed by atoms with van der Waals surface area (Å²) in [7, 11) is 0. The summed E-state index contributed by atoms with van der Waals surface area (Å²) in [5.74, 6) is 0. The number of benzene rings is 1. The Morgan fingerprint density at radius 2 is 1.69 bits per heavy atom. The van der Waals surface area contributed by atoms with E-state index in [4.69, 9.17) is 15.0 Å². The molecule has 0 aliphatic heterocycles. The molecule has 0 aromatic heterocycles. The summed E-state index contributed by atoms with van der Waals surface area (Å²) >= 11 is 0.836. The predicted molar refractivity (Wildman–Crippen MR) is 51.9 cm³/mol. The Hall–Kier alpha value is -0.134. The molecule has 0 saturated carbocycles. The molecule has 0 amide bonds. The van der Waals surface area contributed by atoms with Crippen LogP contribution in [0.2, 0.25) is 0 Å². The normalized spacial score (nSPS) is 9.08. The van der Waals surface area contributed by atoms with Gasteiger partial charge in [-0.2, -0.15) is 0 Å². The van der Waals surface area contributed by atoms with Crippen molar-refractivity contribution in [1.29, 1.82) is 0 Å². The van der Waals surface area contributed by atoms with Crippen LogP contribution in [-0.2, 0) is 0 Å². The van der Waals surface area contributed by atoms with Gasteiger partial charge in [0, 0.05) is 0 Å². The molecule has 0 bridgehead atoms. The van der Waals surface area contributed by atoms with Crippen LogP contribution < -0.4 is 0 Å². The van der Waals surface area contributed by atoms with Crippen molar-refractivity contribution in [1.82, 2.24) is 0 Å². The van der Waals surface area contributed by atoms with Crippen molar-refractivity contribution in [3.05, 3.63) is 36.1 Å². The first-order valence-electron chi connectivity index (χ1n) is 3.76. The van der Waals surface area contributed by atoms with Crippen LogP contribution in [0, 0.1) is 0 Å². The molecule has 13 heavy (non-hydrogen) atoms. The summed E-state index contributed by atoms with van der Waals surface area (Å²) in [5, 5.41) is 13.9. The number of hydrogen-bond acceptors (Lipinski definition) is 1. The van der Waals surface area contributed by atoms with Gasteiger partial charge in [-0.15, -0.1) is 0 Å². The van der Waals surface area contributed by atoms with E-state index in [1.54, 1.807) is 0 Å². The van der Waals surface area contributed by atoms with Crippen LogP contribution in [0.25, 0.3) is 6.08 Å². The van der Waals surface area contributed by atoms with E-state index in [9.17, 15) is 0 Å². The first-order valence-corrected chi connectivity index (χ1v) is 5.56. The Bertz CT molecular complexity index is 265. The third kappa shape index (κ3) is 9.78. The van der Waals surface area contributed by atoms with Gasteiger partial charge >= 0.3 is 97.3 Å². The van der Waals surface area contributed by atoms with Crippen molar-refractivity contribution < 1.29 is 15.0 Å². The minimum absolute atomic E-state index is 0.836. The first-order chi connectivity index (χ1) is 6.16. The molecule has 0 unspecified atom stereocenters. The van der Waals surface area contributed by atoms with Crippen molar-refractivity contribution in [3.8, 4) is 0 Å². The molecule has 0 radical (unpaired) electrons. The zero-order valence-corrected chi connectivity index (χ0v) is 10.5. The van der Waals surface area contributed by atoms with E-state index >= 15 is 0 Å². The fourth-order valence-corrected chi connectivity index (χ4v) is 1.36. The van der Waals surface area contributed by atoms with Crippen molar-refractivity contribution >= 4 is 61.2 Å². The van der Waals surface area contributed by atoms with Gasteiger partial charge in [0.05, 0.1) is 0 Å². The van der Waals surface area contributed by atoms with Crippen LogP contribution in [0.1, 0.15) is 5.56 Å². The Balaban J connectivity index is 0.000000310. The molecule has 1 aromatic rings. The number of carbonyl (C=O) groups is 1. The van der Waals surface area contributed by atoms with Crippen molar-refractivity contribution in [3.63, 3.8) is 0 Å². The standard InChI is InChI=1S/C8H7.CH2O3.K/c1-2-8-6-4-3-5-7-8;2-1(3)4;/h1-7H;(H2,2,3,4);. The van der Waals surface area contributed by atoms with Crippen molar-refractivity contribution in [2.75, 3.05) is 0 Å². The monoisotopic (exact) mass is 204 g/mol. The SMILES string of the molecule is O=C(O)O.[K][CH]=Cc1ccccc1. The molecule has 64 valence electrons. The molecular formula is C9H9KO3. The maximum absolute atomic E-state index is 8.56. The van der Waals surface area contributed by atoms with Crippen LogP contribution in [-0.4, -0.2) is 65.3 Å². The quantitative estimate of drug-likeness (QED) is 0.688. The van der Waals surface area contributed by atoms with Crippen LogP contribution >= 0.6 is 0 Å². The molecule has 0 aliphatic carbocycles. The minimum atomic E-state index is -1.83. The van der Waals surface area contributed by atoms with E-state index in [-0.39, 0.29) is 0 Å². The first kappa shape index (κ1) is 12.9. The van der Waals surface area contributed by atoms with Gasteiger partial charge in [0.25, 0.3) is 0 Å². The van der Waals surface area contributed by atoms with Crippen LogP contribution in [0.4, 0.5) is 4.79 Å². The van der Waals surface area contributed by atoms with E-state index in [2.05, 4.69) is 30.5 Å². The second-order valence-electron chi connectivity index (χ2n) is 2.19. The summed E-state index contributed by atoms with van der Waals surface area (Å²) in [4.78, 5) is 8.56. The van der Waals surface area contributed by atoms with Gasteiger partial charge in [-0.25, -0.2) is 4.79 Å². The van der Waals surface area contributed by atoms with Crippen LogP contribution in [0.15, 0.2) is 30.5 Å². The Kier molecular flexibility index (Phi) is 8.38. The third-order valence-electron chi connectivity index (χ3n) is 1.16. The fraction of sp³-hybridized carbons (Fsp3) is 0. The molecule has 4 heteroatoms. The second kappa shape index (κ2) is 8.46. The van der Waals surface area contributed by atoms with E-state index in [1.807, 2.05) is 6.07 Å². The zero-order chi connectivity index (χ0) is 10.1. The molecule has 0 saturated heterocycles. The maximum atomic E-state index is 8.56. The van der Waals surface area contributed by atoms with Crippen LogP contribution in [0.3, 0.4) is 0 Å². The average Bonchev–Trinajstić information content (AvgIpc) is 2.06. The summed E-state index contributed by atoms with van der Waals surface area (Å²) in [6, 6.07) is 10.4. The van der Waals surface area contributed by atoms with Gasteiger partial charge in [0.15, 0.2) is 0 Å². The van der Waals surface area contributed by atoms with E-state index < -0.39 is 6.16 Å². The van der Waals surface area contributed by atoms with Gasteiger partial charge in [-0.1, -0.05) is 0 Å². The molecule has 1 rings (SSSR count). The molecular weight excluding hydrogens is 195 g/mol. The molecule has 0 atom stereocenters.